The second-order valence-corrected chi connectivity index (χ2v) is 10.3. The molecule has 2 aliphatic rings. The summed E-state index contributed by atoms with van der Waals surface area (Å²) in [6, 6.07) is 2.10. The molecule has 0 N–H and O–H groups in total. The normalized spacial score (nSPS) is 20.3. The molecule has 8 heteroatoms. The number of amides is 1. The van der Waals surface area contributed by atoms with Gasteiger partial charge in [-0.1, -0.05) is 50.7 Å². The first-order chi connectivity index (χ1) is 15.3. The summed E-state index contributed by atoms with van der Waals surface area (Å²) in [5.74, 6) is 1.25. The topological polar surface area (TPSA) is 69.3 Å². The number of nitrogens with zero attached hydrogens (tertiary/aromatic N) is 4. The zero-order valence-electron chi connectivity index (χ0n) is 19.4. The minimum Gasteiger partial charge on any atom is -0.357 e. The Morgan fingerprint density at radius 1 is 1.28 bits per heavy atom. The van der Waals surface area contributed by atoms with Crippen molar-refractivity contribution in [1.29, 1.82) is 5.26 Å². The fourth-order valence-electron chi connectivity index (χ4n) is 4.50. The molecule has 32 heavy (non-hydrogen) atoms. The third kappa shape index (κ3) is 4.79. The molecule has 1 atom stereocenters. The second-order valence-electron chi connectivity index (χ2n) is 8.63. The average molecular weight is 473 g/mol. The van der Waals surface area contributed by atoms with Gasteiger partial charge in [-0.2, -0.15) is 5.26 Å². The van der Waals surface area contributed by atoms with Crippen LogP contribution in [-0.4, -0.2) is 39.3 Å². The van der Waals surface area contributed by atoms with Crippen molar-refractivity contribution in [2.45, 2.75) is 66.3 Å². The molecule has 172 valence electrons. The summed E-state index contributed by atoms with van der Waals surface area (Å²) in [5.41, 5.74) is 1.30. The summed E-state index contributed by atoms with van der Waals surface area (Å²) >= 11 is 6.80. The largest absolute Gasteiger partial charge is 0.357 e. The first-order valence-electron chi connectivity index (χ1n) is 11.5. The lowest BCUT2D eigenvalue weighted by Crippen LogP contribution is -2.40. The fraction of sp³-hybridized carbons (Fsp3) is 0.583. The predicted molar refractivity (Wildman–Crippen MR) is 136 cm³/mol. The number of carbonyl (C=O) groups excluding carboxylic acids is 1. The van der Waals surface area contributed by atoms with Gasteiger partial charge < -0.3 is 4.90 Å². The molecule has 2 fully saturated rings. The number of hydrogen-bond donors (Lipinski definition) is 0. The fourth-order valence-corrected chi connectivity index (χ4v) is 5.79. The maximum atomic E-state index is 13.1. The van der Waals surface area contributed by atoms with E-state index in [1.165, 1.54) is 11.8 Å². The third-order valence-corrected chi connectivity index (χ3v) is 7.63. The molecule has 6 nitrogen and oxygen atoms in total. The lowest BCUT2D eigenvalue weighted by Gasteiger charge is -2.35. The molecule has 0 spiro atoms. The molecule has 1 aromatic rings. The molecule has 1 unspecified atom stereocenters. The van der Waals surface area contributed by atoms with Crippen molar-refractivity contribution in [1.82, 2.24) is 9.47 Å². The Morgan fingerprint density at radius 2 is 2.03 bits per heavy atom. The van der Waals surface area contributed by atoms with E-state index in [1.54, 1.807) is 9.47 Å². The van der Waals surface area contributed by atoms with E-state index in [2.05, 4.69) is 24.8 Å². The van der Waals surface area contributed by atoms with Crippen LogP contribution in [0.25, 0.3) is 6.08 Å². The Balaban J connectivity index is 2.13. The summed E-state index contributed by atoms with van der Waals surface area (Å²) in [4.78, 5) is 30.7. The highest BCUT2D eigenvalue weighted by Gasteiger charge is 2.33. The standard InChI is InChI=1S/C24H32N4O2S2/c1-5-7-8-12-28-23(30)20(32-24(28)31)13-18-17(4)19(14-25)22(29)27(6-2)21(18)26-11-9-10-16(3)15-26/h13,16H,5-12,15H2,1-4H3/b20-13+. The van der Waals surface area contributed by atoms with E-state index in [9.17, 15) is 14.9 Å². The summed E-state index contributed by atoms with van der Waals surface area (Å²) < 4.78 is 2.27. The quantitative estimate of drug-likeness (QED) is 0.326. The summed E-state index contributed by atoms with van der Waals surface area (Å²) in [7, 11) is 0. The second kappa shape index (κ2) is 10.7. The molecular weight excluding hydrogens is 440 g/mol. The number of thioether (sulfide) groups is 1. The maximum Gasteiger partial charge on any atom is 0.270 e. The van der Waals surface area contributed by atoms with Crippen molar-refractivity contribution in [3.8, 4) is 6.07 Å². The Kier molecular flexibility index (Phi) is 8.18. The number of nitriles is 1. The SMILES string of the molecule is CCCCCN1C(=O)/C(=C\c2c(C)c(C#N)c(=O)n(CC)c2N2CCCC(C)C2)SC1=S. The molecule has 0 bridgehead atoms. The van der Waals surface area contributed by atoms with Gasteiger partial charge in [-0.25, -0.2) is 0 Å². The highest BCUT2D eigenvalue weighted by molar-refractivity contribution is 8.26. The number of anilines is 1. The number of piperidine rings is 1. The lowest BCUT2D eigenvalue weighted by molar-refractivity contribution is -0.122. The summed E-state index contributed by atoms with van der Waals surface area (Å²) in [6.45, 7) is 10.9. The Hall–Kier alpha value is -2.11. The highest BCUT2D eigenvalue weighted by atomic mass is 32.2. The first kappa shape index (κ1) is 24.5. The van der Waals surface area contributed by atoms with Crippen LogP contribution in [-0.2, 0) is 11.3 Å². The van der Waals surface area contributed by atoms with Gasteiger partial charge in [0.25, 0.3) is 11.5 Å². The van der Waals surface area contributed by atoms with Crippen LogP contribution >= 0.6 is 24.0 Å². The maximum absolute atomic E-state index is 13.1. The summed E-state index contributed by atoms with van der Waals surface area (Å²) in [5, 5.41) is 9.71. The van der Waals surface area contributed by atoms with Crippen LogP contribution in [0.5, 0.6) is 0 Å². The number of hydrogen-bond acceptors (Lipinski definition) is 6. The van der Waals surface area contributed by atoms with Crippen molar-refractivity contribution >= 4 is 46.1 Å². The van der Waals surface area contributed by atoms with Crippen LogP contribution < -0.4 is 10.5 Å². The van der Waals surface area contributed by atoms with Gasteiger partial charge in [0, 0.05) is 31.7 Å². The summed E-state index contributed by atoms with van der Waals surface area (Å²) in [6.07, 6.45) is 7.13. The van der Waals surface area contributed by atoms with Crippen LogP contribution in [0.3, 0.4) is 0 Å². The highest BCUT2D eigenvalue weighted by Crippen LogP contribution is 2.36. The Morgan fingerprint density at radius 3 is 2.66 bits per heavy atom. The van der Waals surface area contributed by atoms with E-state index in [0.717, 1.165) is 56.6 Å². The molecule has 0 aromatic carbocycles. The van der Waals surface area contributed by atoms with Crippen molar-refractivity contribution in [2.75, 3.05) is 24.5 Å². The van der Waals surface area contributed by atoms with E-state index in [1.807, 2.05) is 19.9 Å². The van der Waals surface area contributed by atoms with Crippen LogP contribution in [0, 0.1) is 24.2 Å². The first-order valence-corrected chi connectivity index (χ1v) is 12.7. The molecule has 3 heterocycles. The lowest BCUT2D eigenvalue weighted by atomic mass is 9.98. The van der Waals surface area contributed by atoms with E-state index < -0.39 is 0 Å². The van der Waals surface area contributed by atoms with Crippen molar-refractivity contribution < 1.29 is 4.79 Å². The number of thiocarbonyl (C=S) groups is 1. The third-order valence-electron chi connectivity index (χ3n) is 6.25. The smallest absolute Gasteiger partial charge is 0.270 e. The zero-order valence-corrected chi connectivity index (χ0v) is 21.1. The molecular formula is C24H32N4O2S2. The number of rotatable bonds is 7. The number of unbranched alkanes of at least 4 members (excludes halogenated alkanes) is 2. The molecule has 0 aliphatic carbocycles. The Labute approximate surface area is 200 Å². The molecule has 0 saturated carbocycles. The Bertz CT molecular complexity index is 1040. The van der Waals surface area contributed by atoms with E-state index in [0.29, 0.717) is 33.8 Å². The number of carbonyl (C=O) groups is 1. The zero-order chi connectivity index (χ0) is 23.4. The molecule has 2 saturated heterocycles. The van der Waals surface area contributed by atoms with Gasteiger partial charge in [-0.15, -0.1) is 0 Å². The van der Waals surface area contributed by atoms with Crippen LogP contribution in [0.15, 0.2) is 9.70 Å². The van der Waals surface area contributed by atoms with Gasteiger partial charge in [0.15, 0.2) is 0 Å². The molecule has 1 amide bonds. The van der Waals surface area contributed by atoms with Gasteiger partial charge in [0.2, 0.25) is 0 Å². The monoisotopic (exact) mass is 472 g/mol. The number of aromatic nitrogens is 1. The van der Waals surface area contributed by atoms with Crippen molar-refractivity contribution in [3.05, 3.63) is 31.9 Å². The van der Waals surface area contributed by atoms with Gasteiger partial charge in [0.05, 0.1) is 4.91 Å². The van der Waals surface area contributed by atoms with Gasteiger partial charge in [0.1, 0.15) is 21.8 Å². The van der Waals surface area contributed by atoms with Gasteiger partial charge in [-0.3, -0.25) is 19.1 Å². The van der Waals surface area contributed by atoms with Gasteiger partial charge >= 0.3 is 0 Å². The minimum absolute atomic E-state index is 0.0822. The molecule has 2 aliphatic heterocycles. The van der Waals surface area contributed by atoms with Crippen molar-refractivity contribution in [3.63, 3.8) is 0 Å². The molecule has 0 radical (unpaired) electrons. The average Bonchev–Trinajstić information content (AvgIpc) is 3.03. The minimum atomic E-state index is -0.259. The van der Waals surface area contributed by atoms with Crippen LogP contribution in [0.2, 0.25) is 0 Å². The van der Waals surface area contributed by atoms with Crippen molar-refractivity contribution in [2.24, 2.45) is 5.92 Å². The molecule has 3 rings (SSSR count). The van der Waals surface area contributed by atoms with Crippen LogP contribution in [0.4, 0.5) is 5.82 Å². The van der Waals surface area contributed by atoms with E-state index in [4.69, 9.17) is 12.2 Å². The van der Waals surface area contributed by atoms with Gasteiger partial charge in [-0.05, 0) is 50.7 Å². The molecule has 1 aromatic heterocycles. The van der Waals surface area contributed by atoms with E-state index >= 15 is 0 Å². The number of pyridine rings is 1. The predicted octanol–water partition coefficient (Wildman–Crippen LogP) is 4.68. The van der Waals surface area contributed by atoms with E-state index in [-0.39, 0.29) is 17.0 Å². The van der Waals surface area contributed by atoms with Crippen LogP contribution in [0.1, 0.15) is 69.6 Å².